The Hall–Kier alpha value is -1.06. The van der Waals surface area contributed by atoms with E-state index in [1.807, 2.05) is 0 Å². The molecular weight excluding hydrogens is 205 g/mol. The Morgan fingerprint density at radius 2 is 2.29 bits per heavy atom. The third-order valence-corrected chi connectivity index (χ3v) is 1.93. The van der Waals surface area contributed by atoms with Crippen molar-refractivity contribution in [1.29, 1.82) is 0 Å². The van der Waals surface area contributed by atoms with Gasteiger partial charge in [-0.1, -0.05) is 24.2 Å². The summed E-state index contributed by atoms with van der Waals surface area (Å²) >= 11 is 5.56. The van der Waals surface area contributed by atoms with Crippen molar-refractivity contribution in [3.05, 3.63) is 41.2 Å². The lowest BCUT2D eigenvalue weighted by Gasteiger charge is -2.08. The minimum atomic E-state index is -0.556. The van der Waals surface area contributed by atoms with E-state index in [4.69, 9.17) is 22.1 Å². The van der Waals surface area contributed by atoms with Crippen LogP contribution < -0.4 is 10.5 Å². The van der Waals surface area contributed by atoms with E-state index in [9.17, 15) is 4.39 Å². The number of rotatable bonds is 4. The van der Waals surface area contributed by atoms with Crippen LogP contribution in [0.25, 0.3) is 0 Å². The van der Waals surface area contributed by atoms with E-state index >= 15 is 0 Å². The molecule has 2 N–H and O–H groups in total. The van der Waals surface area contributed by atoms with E-state index in [0.29, 0.717) is 12.1 Å². The molecule has 76 valence electrons. The summed E-state index contributed by atoms with van der Waals surface area (Å²) in [5.74, 6) is -0.439. The van der Waals surface area contributed by atoms with Crippen molar-refractivity contribution in [2.75, 3.05) is 13.2 Å². The third-order valence-electron chi connectivity index (χ3n) is 1.64. The first kappa shape index (κ1) is 11.0. The molecule has 1 aromatic rings. The molecule has 0 aliphatic carbocycles. The molecule has 0 aromatic heterocycles. The zero-order valence-corrected chi connectivity index (χ0v) is 8.35. The SMILES string of the molecule is C=C(CN)COc1cccc(Cl)c1F. The van der Waals surface area contributed by atoms with Gasteiger partial charge in [0.15, 0.2) is 11.6 Å². The molecule has 1 aromatic carbocycles. The van der Waals surface area contributed by atoms with Gasteiger partial charge in [0.05, 0.1) is 5.02 Å². The maximum Gasteiger partial charge on any atom is 0.183 e. The van der Waals surface area contributed by atoms with Gasteiger partial charge >= 0.3 is 0 Å². The van der Waals surface area contributed by atoms with Gasteiger partial charge in [-0.05, 0) is 17.7 Å². The van der Waals surface area contributed by atoms with E-state index in [0.717, 1.165) is 0 Å². The van der Waals surface area contributed by atoms with Gasteiger partial charge in [0.2, 0.25) is 0 Å². The Kier molecular flexibility index (Phi) is 3.92. The fourth-order valence-corrected chi connectivity index (χ4v) is 1.00. The van der Waals surface area contributed by atoms with Crippen molar-refractivity contribution in [2.45, 2.75) is 0 Å². The van der Waals surface area contributed by atoms with Crippen LogP contribution in [0.4, 0.5) is 4.39 Å². The van der Waals surface area contributed by atoms with Gasteiger partial charge in [0.1, 0.15) is 6.61 Å². The second-order valence-electron chi connectivity index (χ2n) is 2.79. The first-order chi connectivity index (χ1) is 6.65. The third kappa shape index (κ3) is 2.72. The standard InChI is InChI=1S/C10H11ClFNO/c1-7(5-13)6-14-9-4-2-3-8(11)10(9)12/h2-4H,1,5-6,13H2. The molecule has 0 saturated heterocycles. The van der Waals surface area contributed by atoms with Crippen molar-refractivity contribution in [3.8, 4) is 5.75 Å². The second kappa shape index (κ2) is 4.98. The van der Waals surface area contributed by atoms with Crippen LogP contribution in [0.5, 0.6) is 5.75 Å². The van der Waals surface area contributed by atoms with Crippen molar-refractivity contribution in [2.24, 2.45) is 5.73 Å². The maximum atomic E-state index is 13.2. The minimum Gasteiger partial charge on any atom is -0.486 e. The number of halogens is 2. The van der Waals surface area contributed by atoms with Crippen molar-refractivity contribution in [3.63, 3.8) is 0 Å². The van der Waals surface area contributed by atoms with Gasteiger partial charge < -0.3 is 10.5 Å². The molecule has 14 heavy (non-hydrogen) atoms. The molecule has 0 unspecified atom stereocenters. The molecule has 1 rings (SSSR count). The molecule has 0 bridgehead atoms. The van der Waals surface area contributed by atoms with E-state index in [1.54, 1.807) is 6.07 Å². The normalized spacial score (nSPS) is 9.93. The number of ether oxygens (including phenoxy) is 1. The minimum absolute atomic E-state index is 0.0425. The first-order valence-electron chi connectivity index (χ1n) is 4.08. The predicted molar refractivity (Wildman–Crippen MR) is 55.1 cm³/mol. The van der Waals surface area contributed by atoms with Gasteiger partial charge in [0.25, 0.3) is 0 Å². The van der Waals surface area contributed by atoms with Crippen molar-refractivity contribution >= 4 is 11.6 Å². The second-order valence-corrected chi connectivity index (χ2v) is 3.20. The smallest absolute Gasteiger partial charge is 0.183 e. The quantitative estimate of drug-likeness (QED) is 0.783. The first-order valence-corrected chi connectivity index (χ1v) is 4.46. The summed E-state index contributed by atoms with van der Waals surface area (Å²) in [4.78, 5) is 0. The zero-order valence-electron chi connectivity index (χ0n) is 7.59. The average molecular weight is 216 g/mol. The molecule has 4 heteroatoms. The number of benzene rings is 1. The number of hydrogen-bond donors (Lipinski definition) is 1. The summed E-state index contributed by atoms with van der Waals surface area (Å²) < 4.78 is 18.4. The van der Waals surface area contributed by atoms with Crippen LogP contribution in [-0.4, -0.2) is 13.2 Å². The molecule has 0 fully saturated rings. The highest BCUT2D eigenvalue weighted by Gasteiger charge is 2.06. The van der Waals surface area contributed by atoms with Crippen LogP contribution in [0.15, 0.2) is 30.4 Å². The zero-order chi connectivity index (χ0) is 10.6. The molecule has 0 amide bonds. The van der Waals surface area contributed by atoms with Gasteiger partial charge in [-0.15, -0.1) is 0 Å². The largest absolute Gasteiger partial charge is 0.486 e. The van der Waals surface area contributed by atoms with Gasteiger partial charge in [-0.25, -0.2) is 4.39 Å². The van der Waals surface area contributed by atoms with E-state index < -0.39 is 5.82 Å². The topological polar surface area (TPSA) is 35.2 Å². The summed E-state index contributed by atoms with van der Waals surface area (Å²) in [5.41, 5.74) is 6.00. The van der Waals surface area contributed by atoms with E-state index in [-0.39, 0.29) is 17.4 Å². The highest BCUT2D eigenvalue weighted by atomic mass is 35.5. The van der Waals surface area contributed by atoms with E-state index in [1.165, 1.54) is 12.1 Å². The highest BCUT2D eigenvalue weighted by molar-refractivity contribution is 6.30. The van der Waals surface area contributed by atoms with Crippen LogP contribution in [0.2, 0.25) is 5.02 Å². The molecule has 0 radical (unpaired) electrons. The highest BCUT2D eigenvalue weighted by Crippen LogP contribution is 2.24. The van der Waals surface area contributed by atoms with Crippen LogP contribution in [0, 0.1) is 5.82 Å². The Morgan fingerprint density at radius 3 is 2.93 bits per heavy atom. The maximum absolute atomic E-state index is 13.2. The van der Waals surface area contributed by atoms with Crippen LogP contribution in [0.1, 0.15) is 0 Å². The van der Waals surface area contributed by atoms with Gasteiger partial charge in [0, 0.05) is 6.54 Å². The Balaban J connectivity index is 2.68. The molecule has 0 saturated carbocycles. The van der Waals surface area contributed by atoms with Crippen molar-refractivity contribution in [1.82, 2.24) is 0 Å². The Bertz CT molecular complexity index is 341. The van der Waals surface area contributed by atoms with E-state index in [2.05, 4.69) is 6.58 Å². The van der Waals surface area contributed by atoms with Crippen LogP contribution in [0.3, 0.4) is 0 Å². The van der Waals surface area contributed by atoms with Crippen LogP contribution in [-0.2, 0) is 0 Å². The number of nitrogens with two attached hydrogens (primary N) is 1. The summed E-state index contributed by atoms with van der Waals surface area (Å²) in [5, 5.41) is 0.0425. The van der Waals surface area contributed by atoms with Crippen LogP contribution >= 0.6 is 11.6 Å². The lowest BCUT2D eigenvalue weighted by atomic mass is 10.3. The fraction of sp³-hybridized carbons (Fsp3) is 0.200. The molecule has 2 nitrogen and oxygen atoms in total. The fourth-order valence-electron chi connectivity index (χ4n) is 0.834. The number of hydrogen-bond acceptors (Lipinski definition) is 2. The molecule has 0 aliphatic heterocycles. The molecule has 0 heterocycles. The summed E-state index contributed by atoms with van der Waals surface area (Å²) in [6.07, 6.45) is 0. The molecular formula is C10H11ClFNO. The lowest BCUT2D eigenvalue weighted by Crippen LogP contribution is -2.10. The molecule has 0 atom stereocenters. The van der Waals surface area contributed by atoms with Crippen molar-refractivity contribution < 1.29 is 9.13 Å². The average Bonchev–Trinajstić information content (AvgIpc) is 2.20. The summed E-state index contributed by atoms with van der Waals surface area (Å²) in [7, 11) is 0. The Labute approximate surface area is 87.1 Å². The molecule has 0 aliphatic rings. The van der Waals surface area contributed by atoms with Gasteiger partial charge in [-0.2, -0.15) is 0 Å². The summed E-state index contributed by atoms with van der Waals surface area (Å²) in [6.45, 7) is 4.16. The summed E-state index contributed by atoms with van der Waals surface area (Å²) in [6, 6.07) is 4.58. The predicted octanol–water partition coefficient (Wildman–Crippen LogP) is 2.37. The van der Waals surface area contributed by atoms with Gasteiger partial charge in [-0.3, -0.25) is 0 Å². The monoisotopic (exact) mass is 215 g/mol. The lowest BCUT2D eigenvalue weighted by molar-refractivity contribution is 0.331. The Morgan fingerprint density at radius 1 is 1.57 bits per heavy atom. The molecule has 0 spiro atoms.